The number of aryl methyl sites for hydroxylation is 1. The van der Waals surface area contributed by atoms with Crippen molar-refractivity contribution in [1.29, 1.82) is 0 Å². The van der Waals surface area contributed by atoms with Gasteiger partial charge in [-0.05, 0) is 97.2 Å². The Kier molecular flexibility index (Phi) is 5.71. The van der Waals surface area contributed by atoms with E-state index in [1.165, 1.54) is 71.6 Å². The van der Waals surface area contributed by atoms with Crippen LogP contribution in [0, 0.1) is 6.92 Å². The predicted molar refractivity (Wildman–Crippen MR) is 164 cm³/mol. The first-order valence-corrected chi connectivity index (χ1v) is 13.2. The maximum atomic E-state index is 4.35. The average Bonchev–Trinajstić information content (AvgIpc) is 3.01. The summed E-state index contributed by atoms with van der Waals surface area (Å²) in [5.74, 6) is 0. The molecule has 0 atom stereocenters. The zero-order valence-corrected chi connectivity index (χ0v) is 21.7. The molecule has 7 rings (SSSR count). The van der Waals surface area contributed by atoms with Gasteiger partial charge in [0.1, 0.15) is 0 Å². The largest absolute Gasteiger partial charge is 0.265 e. The van der Waals surface area contributed by atoms with Crippen molar-refractivity contribution < 1.29 is 0 Å². The van der Waals surface area contributed by atoms with Gasteiger partial charge in [0, 0.05) is 30.4 Å². The van der Waals surface area contributed by atoms with Crippen LogP contribution < -0.4 is 0 Å². The van der Waals surface area contributed by atoms with Gasteiger partial charge in [0.05, 0.1) is 0 Å². The fraction of sp³-hybridized carbons (Fsp3) is 0.0270. The molecular formula is C37H26N2. The second-order valence-electron chi connectivity index (χ2n) is 9.93. The number of fused-ring (bicyclic) bond motifs is 2. The Hall–Kier alpha value is -5.08. The third kappa shape index (κ3) is 4.07. The normalized spacial score (nSPS) is 11.2. The van der Waals surface area contributed by atoms with Gasteiger partial charge in [-0.25, -0.2) is 0 Å². The van der Waals surface area contributed by atoms with Crippen molar-refractivity contribution in [2.45, 2.75) is 6.92 Å². The molecule has 0 radical (unpaired) electrons. The van der Waals surface area contributed by atoms with Crippen molar-refractivity contribution in [2.75, 3.05) is 0 Å². The van der Waals surface area contributed by atoms with Crippen LogP contribution in [0.25, 0.3) is 66.1 Å². The second-order valence-corrected chi connectivity index (χ2v) is 9.93. The van der Waals surface area contributed by atoms with E-state index < -0.39 is 0 Å². The minimum Gasteiger partial charge on any atom is -0.265 e. The Morgan fingerprint density at radius 2 is 0.949 bits per heavy atom. The van der Waals surface area contributed by atoms with Crippen LogP contribution in [0.5, 0.6) is 0 Å². The van der Waals surface area contributed by atoms with E-state index >= 15 is 0 Å². The zero-order valence-electron chi connectivity index (χ0n) is 21.7. The van der Waals surface area contributed by atoms with E-state index in [4.69, 9.17) is 0 Å². The average molecular weight is 499 g/mol. The second kappa shape index (κ2) is 9.66. The van der Waals surface area contributed by atoms with Gasteiger partial charge < -0.3 is 0 Å². The van der Waals surface area contributed by atoms with Gasteiger partial charge in [-0.2, -0.15) is 0 Å². The zero-order chi connectivity index (χ0) is 26.2. The summed E-state index contributed by atoms with van der Waals surface area (Å²) in [6.07, 6.45) is 7.49. The van der Waals surface area contributed by atoms with Crippen molar-refractivity contribution in [1.82, 2.24) is 9.97 Å². The van der Waals surface area contributed by atoms with Crippen molar-refractivity contribution in [3.05, 3.63) is 146 Å². The molecule has 2 heterocycles. The number of hydrogen-bond acceptors (Lipinski definition) is 2. The molecule has 0 aliphatic rings. The van der Waals surface area contributed by atoms with Crippen molar-refractivity contribution >= 4 is 21.5 Å². The van der Waals surface area contributed by atoms with Crippen LogP contribution in [0.2, 0.25) is 0 Å². The van der Waals surface area contributed by atoms with Gasteiger partial charge >= 0.3 is 0 Å². The summed E-state index contributed by atoms with van der Waals surface area (Å²) in [7, 11) is 0. The lowest BCUT2D eigenvalue weighted by Crippen LogP contribution is -1.91. The van der Waals surface area contributed by atoms with Gasteiger partial charge in [-0.15, -0.1) is 0 Å². The minimum absolute atomic E-state index is 1.17. The molecule has 0 aliphatic carbocycles. The molecular weight excluding hydrogens is 472 g/mol. The molecule has 0 bridgehead atoms. The number of benzene rings is 5. The summed E-state index contributed by atoms with van der Waals surface area (Å²) < 4.78 is 0. The fourth-order valence-electron chi connectivity index (χ4n) is 5.73. The highest BCUT2D eigenvalue weighted by Gasteiger charge is 2.17. The quantitative estimate of drug-likeness (QED) is 0.226. The summed E-state index contributed by atoms with van der Waals surface area (Å²) in [5.41, 5.74) is 10.9. The number of hydrogen-bond donors (Lipinski definition) is 0. The van der Waals surface area contributed by atoms with Gasteiger partial charge in [-0.3, -0.25) is 9.97 Å². The number of pyridine rings is 2. The molecule has 0 spiro atoms. The topological polar surface area (TPSA) is 25.8 Å². The molecule has 7 aromatic rings. The van der Waals surface area contributed by atoms with Gasteiger partial charge in [0.2, 0.25) is 0 Å². The Balaban J connectivity index is 1.46. The Morgan fingerprint density at radius 1 is 0.410 bits per heavy atom. The van der Waals surface area contributed by atoms with Crippen LogP contribution in [0.3, 0.4) is 0 Å². The number of rotatable bonds is 4. The first-order chi connectivity index (χ1) is 19.3. The van der Waals surface area contributed by atoms with Crippen LogP contribution in [-0.2, 0) is 0 Å². The summed E-state index contributed by atoms with van der Waals surface area (Å²) in [6, 6.07) is 41.6. The Labute approximate surface area is 228 Å². The summed E-state index contributed by atoms with van der Waals surface area (Å²) in [6.45, 7) is 2.13. The van der Waals surface area contributed by atoms with Gasteiger partial charge in [-0.1, -0.05) is 91.0 Å². The van der Waals surface area contributed by atoms with Crippen LogP contribution in [0.15, 0.2) is 140 Å². The van der Waals surface area contributed by atoms with Crippen LogP contribution in [0.1, 0.15) is 5.56 Å². The molecule has 2 aromatic heterocycles. The number of aromatic nitrogens is 2. The molecule has 0 amide bonds. The van der Waals surface area contributed by atoms with E-state index in [-0.39, 0.29) is 0 Å². The van der Waals surface area contributed by atoms with Crippen molar-refractivity contribution in [3.63, 3.8) is 0 Å². The molecule has 0 aliphatic heterocycles. The Morgan fingerprint density at radius 3 is 1.56 bits per heavy atom. The smallest absolute Gasteiger partial charge is 0.0349 e. The molecule has 0 unspecified atom stereocenters. The fourth-order valence-corrected chi connectivity index (χ4v) is 5.73. The van der Waals surface area contributed by atoms with Crippen molar-refractivity contribution in [2.24, 2.45) is 0 Å². The van der Waals surface area contributed by atoms with Crippen LogP contribution >= 0.6 is 0 Å². The SMILES string of the molecule is Cc1ccncc1-c1ccc(-c2c3ccccc3c(-c3cccc(-c4ccncc4)c3)c3ccccc23)cc1. The molecule has 0 N–H and O–H groups in total. The molecule has 2 nitrogen and oxygen atoms in total. The first kappa shape index (κ1) is 23.1. The first-order valence-electron chi connectivity index (χ1n) is 13.2. The standard InChI is InChI=1S/C37H26N2/c1-25-17-20-39-24-35(25)27-13-15-28(16-14-27)36-31-9-2-4-11-33(31)37(34-12-5-3-10-32(34)36)30-8-6-7-29(23-30)26-18-21-38-22-19-26/h2-24H,1H3. The lowest BCUT2D eigenvalue weighted by atomic mass is 9.85. The van der Waals surface area contributed by atoms with E-state index in [0.29, 0.717) is 0 Å². The summed E-state index contributed by atoms with van der Waals surface area (Å²) >= 11 is 0. The van der Waals surface area contributed by atoms with E-state index in [1.807, 2.05) is 24.8 Å². The molecule has 0 fully saturated rings. The van der Waals surface area contributed by atoms with Gasteiger partial charge in [0.15, 0.2) is 0 Å². The van der Waals surface area contributed by atoms with Crippen LogP contribution in [0.4, 0.5) is 0 Å². The third-order valence-corrected chi connectivity index (χ3v) is 7.62. The maximum Gasteiger partial charge on any atom is 0.0349 e. The third-order valence-electron chi connectivity index (χ3n) is 7.62. The van der Waals surface area contributed by atoms with E-state index in [2.05, 4.69) is 132 Å². The lowest BCUT2D eigenvalue weighted by molar-refractivity contribution is 1.29. The lowest BCUT2D eigenvalue weighted by Gasteiger charge is -2.18. The highest BCUT2D eigenvalue weighted by atomic mass is 14.6. The van der Waals surface area contributed by atoms with Crippen molar-refractivity contribution in [3.8, 4) is 44.5 Å². The van der Waals surface area contributed by atoms with E-state index in [0.717, 1.165) is 0 Å². The minimum atomic E-state index is 1.17. The highest BCUT2D eigenvalue weighted by molar-refractivity contribution is 6.21. The molecule has 0 saturated carbocycles. The monoisotopic (exact) mass is 498 g/mol. The molecule has 5 aromatic carbocycles. The summed E-state index contributed by atoms with van der Waals surface area (Å²) in [5, 5.41) is 5.02. The molecule has 184 valence electrons. The molecule has 0 saturated heterocycles. The maximum absolute atomic E-state index is 4.35. The predicted octanol–water partition coefficient (Wildman–Crippen LogP) is 9.76. The Bertz CT molecular complexity index is 1900. The van der Waals surface area contributed by atoms with E-state index in [9.17, 15) is 0 Å². The van der Waals surface area contributed by atoms with Gasteiger partial charge in [0.25, 0.3) is 0 Å². The van der Waals surface area contributed by atoms with E-state index in [1.54, 1.807) is 0 Å². The molecule has 39 heavy (non-hydrogen) atoms. The van der Waals surface area contributed by atoms with Crippen LogP contribution in [-0.4, -0.2) is 9.97 Å². The highest BCUT2D eigenvalue weighted by Crippen LogP contribution is 2.44. The summed E-state index contributed by atoms with van der Waals surface area (Å²) in [4.78, 5) is 8.54. The number of nitrogens with zero attached hydrogens (tertiary/aromatic N) is 2. The molecule has 2 heteroatoms.